The maximum Gasteiger partial charge on any atom is 0.289 e. The van der Waals surface area contributed by atoms with Crippen LogP contribution < -0.4 is 15.4 Å². The Labute approximate surface area is 145 Å². The van der Waals surface area contributed by atoms with E-state index in [4.69, 9.17) is 4.74 Å². The van der Waals surface area contributed by atoms with E-state index in [9.17, 15) is 23.3 Å². The lowest BCUT2D eigenvalue weighted by Crippen LogP contribution is -2.45. The van der Waals surface area contributed by atoms with Crippen LogP contribution in [0, 0.1) is 10.1 Å². The predicted octanol–water partition coefficient (Wildman–Crippen LogP) is -0.632. The van der Waals surface area contributed by atoms with E-state index < -0.39 is 25.5 Å². The molecule has 0 spiro atoms. The van der Waals surface area contributed by atoms with Crippen molar-refractivity contribution in [1.82, 2.24) is 15.4 Å². The van der Waals surface area contributed by atoms with E-state index in [2.05, 4.69) is 15.4 Å². The molecule has 1 fully saturated rings. The molecule has 3 N–H and O–H groups in total. The number of carbonyl (C=O) groups is 1. The third kappa shape index (κ3) is 5.74. The number of para-hydroxylation sites is 1. The van der Waals surface area contributed by atoms with Gasteiger partial charge in [-0.15, -0.1) is 0 Å². The molecular weight excluding hydrogens is 352 g/mol. The van der Waals surface area contributed by atoms with Gasteiger partial charge in [0.1, 0.15) is 0 Å². The van der Waals surface area contributed by atoms with Gasteiger partial charge in [-0.2, -0.15) is 0 Å². The average Bonchev–Trinajstić information content (AvgIpc) is 2.59. The Bertz CT molecular complexity index is 718. The smallest absolute Gasteiger partial charge is 0.289 e. The minimum atomic E-state index is -4.04. The summed E-state index contributed by atoms with van der Waals surface area (Å²) in [6.45, 7) is 1.76. The molecule has 10 nitrogen and oxygen atoms in total. The molecule has 25 heavy (non-hydrogen) atoms. The van der Waals surface area contributed by atoms with Crippen LogP contribution in [0.1, 0.15) is 6.42 Å². The molecule has 1 aliphatic heterocycles. The van der Waals surface area contributed by atoms with Crippen LogP contribution in [0.4, 0.5) is 5.69 Å². The van der Waals surface area contributed by atoms with E-state index in [1.807, 2.05) is 0 Å². The Morgan fingerprint density at radius 3 is 2.80 bits per heavy atom. The van der Waals surface area contributed by atoms with Crippen LogP contribution in [-0.4, -0.2) is 58.1 Å². The van der Waals surface area contributed by atoms with Crippen molar-refractivity contribution < 1.29 is 22.9 Å². The Morgan fingerprint density at radius 1 is 1.36 bits per heavy atom. The summed E-state index contributed by atoms with van der Waals surface area (Å²) < 4.78 is 31.8. The van der Waals surface area contributed by atoms with Crippen LogP contribution in [0.5, 0.6) is 0 Å². The fraction of sp³-hybridized carbons (Fsp3) is 0.500. The van der Waals surface area contributed by atoms with Crippen molar-refractivity contribution in [2.24, 2.45) is 0 Å². The standard InChI is InChI=1S/C14H20N4O6S/c19-14(9-11-10-24-8-7-15-11)16-5-6-17-25(22,23)13-4-2-1-3-12(13)18(20)21/h1-4,11,15,17H,5-10H2,(H,16,19). The first kappa shape index (κ1) is 19.2. The Kier molecular flexibility index (Phi) is 6.82. The van der Waals surface area contributed by atoms with Gasteiger partial charge in [-0.05, 0) is 6.07 Å². The SMILES string of the molecule is O=C(CC1COCCN1)NCCNS(=O)(=O)c1ccccc1[N+](=O)[O-]. The maximum atomic E-state index is 12.2. The normalized spacial score (nSPS) is 17.8. The molecule has 1 amide bonds. The molecule has 1 unspecified atom stereocenters. The quantitative estimate of drug-likeness (QED) is 0.313. The van der Waals surface area contributed by atoms with Crippen molar-refractivity contribution in [1.29, 1.82) is 0 Å². The number of amides is 1. The third-order valence-electron chi connectivity index (χ3n) is 3.52. The Hall–Kier alpha value is -2.08. The lowest BCUT2D eigenvalue weighted by atomic mass is 10.2. The van der Waals surface area contributed by atoms with Gasteiger partial charge in [0.25, 0.3) is 5.69 Å². The second-order valence-corrected chi connectivity index (χ2v) is 7.14. The number of hydrogen-bond donors (Lipinski definition) is 3. The van der Waals surface area contributed by atoms with Crippen molar-refractivity contribution in [3.05, 3.63) is 34.4 Å². The largest absolute Gasteiger partial charge is 0.378 e. The molecule has 1 saturated heterocycles. The van der Waals surface area contributed by atoms with Gasteiger partial charge in [0.15, 0.2) is 4.90 Å². The highest BCUT2D eigenvalue weighted by Gasteiger charge is 2.24. The monoisotopic (exact) mass is 372 g/mol. The molecule has 0 bridgehead atoms. The number of nitrogens with one attached hydrogen (secondary N) is 3. The van der Waals surface area contributed by atoms with Crippen LogP contribution >= 0.6 is 0 Å². The van der Waals surface area contributed by atoms with E-state index in [-0.39, 0.29) is 31.5 Å². The van der Waals surface area contributed by atoms with Crippen LogP contribution in [0.2, 0.25) is 0 Å². The number of nitro groups is 1. The number of carbonyl (C=O) groups excluding carboxylic acids is 1. The average molecular weight is 372 g/mol. The van der Waals surface area contributed by atoms with E-state index >= 15 is 0 Å². The zero-order valence-electron chi connectivity index (χ0n) is 13.4. The van der Waals surface area contributed by atoms with Crippen molar-refractivity contribution >= 4 is 21.6 Å². The molecule has 11 heteroatoms. The summed E-state index contributed by atoms with van der Waals surface area (Å²) in [5.74, 6) is -0.229. The van der Waals surface area contributed by atoms with Gasteiger partial charge in [0, 0.05) is 38.2 Å². The molecule has 1 aromatic carbocycles. The van der Waals surface area contributed by atoms with E-state index in [1.54, 1.807) is 0 Å². The minimum Gasteiger partial charge on any atom is -0.378 e. The zero-order chi connectivity index (χ0) is 18.3. The maximum absolute atomic E-state index is 12.2. The first-order valence-electron chi connectivity index (χ1n) is 7.71. The third-order valence-corrected chi connectivity index (χ3v) is 5.03. The summed E-state index contributed by atoms with van der Waals surface area (Å²) in [5.41, 5.74) is -0.498. The number of benzene rings is 1. The summed E-state index contributed by atoms with van der Waals surface area (Å²) in [4.78, 5) is 21.5. The zero-order valence-corrected chi connectivity index (χ0v) is 14.3. The molecule has 0 radical (unpaired) electrons. The van der Waals surface area contributed by atoms with Crippen molar-refractivity contribution in [2.75, 3.05) is 32.8 Å². The van der Waals surface area contributed by atoms with E-state index in [0.717, 1.165) is 12.1 Å². The van der Waals surface area contributed by atoms with Gasteiger partial charge in [-0.1, -0.05) is 12.1 Å². The van der Waals surface area contributed by atoms with Gasteiger partial charge in [-0.25, -0.2) is 13.1 Å². The van der Waals surface area contributed by atoms with E-state index in [0.29, 0.717) is 19.8 Å². The summed E-state index contributed by atoms with van der Waals surface area (Å²) >= 11 is 0. The highest BCUT2D eigenvalue weighted by molar-refractivity contribution is 7.89. The van der Waals surface area contributed by atoms with Crippen LogP contribution in [0.25, 0.3) is 0 Å². The second-order valence-electron chi connectivity index (χ2n) is 5.40. The van der Waals surface area contributed by atoms with Crippen LogP contribution in [-0.2, 0) is 19.6 Å². The molecule has 2 rings (SSSR count). The summed E-state index contributed by atoms with van der Waals surface area (Å²) in [7, 11) is -4.04. The van der Waals surface area contributed by atoms with Gasteiger partial charge < -0.3 is 15.4 Å². The predicted molar refractivity (Wildman–Crippen MR) is 88.5 cm³/mol. The summed E-state index contributed by atoms with van der Waals surface area (Å²) in [6.07, 6.45) is 0.233. The number of morpholine rings is 1. The highest BCUT2D eigenvalue weighted by Crippen LogP contribution is 2.22. The first-order valence-corrected chi connectivity index (χ1v) is 9.19. The van der Waals surface area contributed by atoms with Crippen molar-refractivity contribution in [3.8, 4) is 0 Å². The molecule has 1 aliphatic rings. The summed E-state index contributed by atoms with van der Waals surface area (Å²) in [6, 6.07) is 5.02. The number of rotatable bonds is 8. The molecule has 1 heterocycles. The molecule has 0 aromatic heterocycles. The number of nitrogens with zero attached hydrogens (tertiary/aromatic N) is 1. The Morgan fingerprint density at radius 2 is 2.12 bits per heavy atom. The van der Waals surface area contributed by atoms with Gasteiger partial charge in [-0.3, -0.25) is 14.9 Å². The molecule has 0 saturated carbocycles. The molecule has 0 aliphatic carbocycles. The van der Waals surface area contributed by atoms with Gasteiger partial charge in [0.05, 0.1) is 18.1 Å². The number of nitro benzene ring substituents is 1. The lowest BCUT2D eigenvalue weighted by molar-refractivity contribution is -0.387. The van der Waals surface area contributed by atoms with Crippen LogP contribution in [0.15, 0.2) is 29.2 Å². The van der Waals surface area contributed by atoms with Crippen molar-refractivity contribution in [3.63, 3.8) is 0 Å². The van der Waals surface area contributed by atoms with Gasteiger partial charge >= 0.3 is 0 Å². The van der Waals surface area contributed by atoms with Crippen LogP contribution in [0.3, 0.4) is 0 Å². The fourth-order valence-corrected chi connectivity index (χ4v) is 3.55. The number of sulfonamides is 1. The van der Waals surface area contributed by atoms with E-state index in [1.165, 1.54) is 12.1 Å². The molecular formula is C14H20N4O6S. The molecule has 1 atom stereocenters. The number of ether oxygens (including phenoxy) is 1. The molecule has 138 valence electrons. The lowest BCUT2D eigenvalue weighted by Gasteiger charge is -2.23. The van der Waals surface area contributed by atoms with Gasteiger partial charge in [0.2, 0.25) is 15.9 Å². The topological polar surface area (TPSA) is 140 Å². The minimum absolute atomic E-state index is 0.0580. The second kappa shape index (κ2) is 8.85. The summed E-state index contributed by atoms with van der Waals surface area (Å²) in [5, 5.41) is 16.7. The fourth-order valence-electron chi connectivity index (χ4n) is 2.35. The highest BCUT2D eigenvalue weighted by atomic mass is 32.2. The molecule has 1 aromatic rings. The Balaban J connectivity index is 1.80. The first-order chi connectivity index (χ1) is 11.9. The van der Waals surface area contributed by atoms with Crippen molar-refractivity contribution in [2.45, 2.75) is 17.4 Å². The number of hydrogen-bond acceptors (Lipinski definition) is 7.